The predicted octanol–water partition coefficient (Wildman–Crippen LogP) is 5.48. The number of fused-ring (bicyclic) bond motifs is 3. The number of unbranched alkanes of at least 4 members (excludes halogenated alkanes) is 1. The van der Waals surface area contributed by atoms with E-state index in [9.17, 15) is 9.50 Å². The minimum Gasteiger partial charge on any atom is -0.389 e. The smallest absolute Gasteiger partial charge is 0.0922 e. The first-order valence-corrected chi connectivity index (χ1v) is 11.1. The first-order chi connectivity index (χ1) is 13.0. The molecule has 152 valence electrons. The lowest BCUT2D eigenvalue weighted by Crippen LogP contribution is -2.55. The van der Waals surface area contributed by atoms with E-state index in [0.717, 1.165) is 38.8 Å². The highest BCUT2D eigenvalue weighted by molar-refractivity contribution is 5.37. The van der Waals surface area contributed by atoms with Crippen molar-refractivity contribution in [3.05, 3.63) is 34.9 Å². The minimum atomic E-state index is -0.868. The topological polar surface area (TPSA) is 23.5 Å². The number of piperidine rings is 1. The second-order valence-electron chi connectivity index (χ2n) is 9.09. The van der Waals surface area contributed by atoms with Gasteiger partial charge in [-0.05, 0) is 54.7 Å². The quantitative estimate of drug-likeness (QED) is 0.652. The number of hydrogen-bond donors (Lipinski definition) is 1. The van der Waals surface area contributed by atoms with E-state index in [1.165, 1.54) is 29.5 Å². The van der Waals surface area contributed by atoms with E-state index >= 15 is 0 Å². The lowest BCUT2D eigenvalue weighted by Gasteiger charge is -2.52. The molecular formula is C24H38FNO. The molecule has 1 aromatic rings. The summed E-state index contributed by atoms with van der Waals surface area (Å²) in [5.74, 6) is 0.764. The van der Waals surface area contributed by atoms with Gasteiger partial charge in [-0.2, -0.15) is 0 Å². The molecule has 2 aliphatic rings. The van der Waals surface area contributed by atoms with Crippen LogP contribution in [0.1, 0.15) is 82.0 Å². The zero-order valence-corrected chi connectivity index (χ0v) is 17.5. The Hall–Kier alpha value is -0.930. The van der Waals surface area contributed by atoms with Gasteiger partial charge in [-0.15, -0.1) is 0 Å². The molecule has 4 atom stereocenters. The van der Waals surface area contributed by atoms with Crippen molar-refractivity contribution in [1.82, 2.24) is 4.90 Å². The third kappa shape index (κ3) is 4.56. The molecule has 3 heteroatoms. The van der Waals surface area contributed by atoms with Gasteiger partial charge >= 0.3 is 0 Å². The van der Waals surface area contributed by atoms with Crippen LogP contribution in [0.15, 0.2) is 18.2 Å². The molecule has 1 unspecified atom stereocenters. The Morgan fingerprint density at radius 3 is 2.85 bits per heavy atom. The van der Waals surface area contributed by atoms with Crippen LogP contribution in [0.4, 0.5) is 4.39 Å². The molecule has 0 radical (unpaired) electrons. The largest absolute Gasteiger partial charge is 0.389 e. The van der Waals surface area contributed by atoms with Gasteiger partial charge in [0.15, 0.2) is 0 Å². The second kappa shape index (κ2) is 9.05. The summed E-state index contributed by atoms with van der Waals surface area (Å²) in [6, 6.07) is 7.22. The molecule has 1 fully saturated rings. The Bertz CT molecular complexity index is 618. The molecule has 0 saturated carbocycles. The lowest BCUT2D eigenvalue weighted by atomic mass is 9.69. The van der Waals surface area contributed by atoms with E-state index in [4.69, 9.17) is 0 Å². The maximum absolute atomic E-state index is 13.4. The molecule has 27 heavy (non-hydrogen) atoms. The van der Waals surface area contributed by atoms with E-state index in [1.807, 2.05) is 0 Å². The summed E-state index contributed by atoms with van der Waals surface area (Å²) in [6.07, 6.45) is 7.73. The van der Waals surface area contributed by atoms with Crippen LogP contribution in [0.5, 0.6) is 0 Å². The van der Waals surface area contributed by atoms with Gasteiger partial charge in [0, 0.05) is 31.5 Å². The number of halogens is 1. The normalized spacial score (nSPS) is 29.2. The predicted molar refractivity (Wildman–Crippen MR) is 111 cm³/mol. The molecule has 0 aliphatic carbocycles. The van der Waals surface area contributed by atoms with Crippen LogP contribution in [0, 0.1) is 11.8 Å². The highest BCUT2D eigenvalue weighted by Gasteiger charge is 2.47. The van der Waals surface area contributed by atoms with Crippen LogP contribution in [-0.2, 0) is 12.8 Å². The lowest BCUT2D eigenvalue weighted by molar-refractivity contribution is -0.111. The van der Waals surface area contributed by atoms with Gasteiger partial charge in [0.2, 0.25) is 0 Å². The second-order valence-corrected chi connectivity index (χ2v) is 9.09. The van der Waals surface area contributed by atoms with Crippen molar-refractivity contribution in [1.29, 1.82) is 0 Å². The monoisotopic (exact) mass is 374 g/mol. The van der Waals surface area contributed by atoms with E-state index in [1.54, 1.807) is 0 Å². The number of rotatable bonds is 8. The average molecular weight is 375 g/mol. The van der Waals surface area contributed by atoms with Gasteiger partial charge in [0.1, 0.15) is 0 Å². The molecule has 2 aliphatic heterocycles. The molecule has 0 spiro atoms. The Labute approximate surface area is 165 Å². The standard InChI is InChI=1S/C24H38FNO/c1-4-6-7-19-8-9-20-10-13-26-17-21(14-18(3)5-2)24(27,11-12-25)16-23(26)22(20)15-19/h8-9,15,18,21,23,27H,4-7,10-14,16-17H2,1-3H3/t18?,21-,23-,24-/m0/s1/i25-1. The van der Waals surface area contributed by atoms with Gasteiger partial charge in [-0.1, -0.05) is 51.8 Å². The summed E-state index contributed by atoms with van der Waals surface area (Å²) in [5.41, 5.74) is 3.37. The van der Waals surface area contributed by atoms with Crippen molar-refractivity contribution >= 4 is 0 Å². The van der Waals surface area contributed by atoms with Crippen LogP contribution < -0.4 is 0 Å². The fraction of sp³-hybridized carbons (Fsp3) is 0.750. The summed E-state index contributed by atoms with van der Waals surface area (Å²) < 4.78 is 13.4. The van der Waals surface area contributed by atoms with Gasteiger partial charge in [-0.3, -0.25) is 9.29 Å². The number of aliphatic hydroxyl groups is 1. The number of hydrogen-bond acceptors (Lipinski definition) is 2. The molecule has 0 aromatic heterocycles. The Morgan fingerprint density at radius 2 is 2.15 bits per heavy atom. The fourth-order valence-electron chi connectivity index (χ4n) is 5.16. The van der Waals surface area contributed by atoms with Crippen LogP contribution >= 0.6 is 0 Å². The number of benzene rings is 1. The van der Waals surface area contributed by atoms with Crippen LogP contribution in [0.25, 0.3) is 0 Å². The molecule has 1 N–H and O–H groups in total. The number of alkyl halides is 1. The molecule has 0 amide bonds. The summed E-state index contributed by atoms with van der Waals surface area (Å²) in [5, 5.41) is 11.5. The summed E-state index contributed by atoms with van der Waals surface area (Å²) in [6.45, 7) is 8.24. The third-order valence-corrected chi connectivity index (χ3v) is 7.17. The van der Waals surface area contributed by atoms with Gasteiger partial charge in [0.05, 0.1) is 12.3 Å². The van der Waals surface area contributed by atoms with Gasteiger partial charge in [0.25, 0.3) is 0 Å². The zero-order valence-electron chi connectivity index (χ0n) is 17.5. The Morgan fingerprint density at radius 1 is 1.33 bits per heavy atom. The summed E-state index contributed by atoms with van der Waals surface area (Å²) >= 11 is 0. The van der Waals surface area contributed by atoms with E-state index < -0.39 is 12.3 Å². The highest BCUT2D eigenvalue weighted by Crippen LogP contribution is 2.46. The van der Waals surface area contributed by atoms with Gasteiger partial charge in [-0.25, -0.2) is 0 Å². The summed E-state index contributed by atoms with van der Waals surface area (Å²) in [7, 11) is 0. The Kier molecular flexibility index (Phi) is 6.97. The molecule has 2 nitrogen and oxygen atoms in total. The zero-order chi connectivity index (χ0) is 19.4. The molecule has 3 rings (SSSR count). The molecular weight excluding hydrogens is 336 g/mol. The van der Waals surface area contributed by atoms with Crippen LogP contribution in [-0.4, -0.2) is 35.4 Å². The van der Waals surface area contributed by atoms with Crippen molar-refractivity contribution < 1.29 is 9.50 Å². The molecule has 1 saturated heterocycles. The van der Waals surface area contributed by atoms with Crippen LogP contribution in [0.2, 0.25) is 0 Å². The molecule has 0 bridgehead atoms. The maximum Gasteiger partial charge on any atom is 0.0922 e. The van der Waals surface area contributed by atoms with E-state index in [0.29, 0.717) is 12.3 Å². The Balaban J connectivity index is 1.86. The van der Waals surface area contributed by atoms with Gasteiger partial charge < -0.3 is 5.11 Å². The molecule has 2 heterocycles. The van der Waals surface area contributed by atoms with Crippen molar-refractivity contribution in [2.75, 3.05) is 19.8 Å². The minimum absolute atomic E-state index is 0.185. The van der Waals surface area contributed by atoms with Crippen LogP contribution in [0.3, 0.4) is 0 Å². The highest BCUT2D eigenvalue weighted by atomic mass is 18.2. The maximum atomic E-state index is 13.4. The SMILES string of the molecule is CCCCc1ccc2c(c1)[C@@H]1C[C@@](O)(CC[18F])[C@@H](CC(C)CC)CN1CC2. The number of aryl methyl sites for hydroxylation is 1. The van der Waals surface area contributed by atoms with Crippen molar-refractivity contribution in [3.8, 4) is 0 Å². The number of nitrogens with zero attached hydrogens (tertiary/aromatic N) is 1. The van der Waals surface area contributed by atoms with Crippen molar-refractivity contribution in [2.45, 2.75) is 83.8 Å². The third-order valence-electron chi connectivity index (χ3n) is 7.17. The van der Waals surface area contributed by atoms with E-state index in [2.05, 4.69) is 43.9 Å². The first-order valence-electron chi connectivity index (χ1n) is 11.1. The average Bonchev–Trinajstić information content (AvgIpc) is 2.67. The van der Waals surface area contributed by atoms with Crippen molar-refractivity contribution in [2.24, 2.45) is 11.8 Å². The fourth-order valence-corrected chi connectivity index (χ4v) is 5.16. The van der Waals surface area contributed by atoms with Crippen molar-refractivity contribution in [3.63, 3.8) is 0 Å². The van der Waals surface area contributed by atoms with E-state index in [-0.39, 0.29) is 18.4 Å². The molecule has 1 aromatic carbocycles. The first kappa shape index (κ1) is 20.8. The summed E-state index contributed by atoms with van der Waals surface area (Å²) in [4.78, 5) is 2.58.